The van der Waals surface area contributed by atoms with Gasteiger partial charge in [-0.2, -0.15) is 13.2 Å². The first-order valence-electron chi connectivity index (χ1n) is 15.9. The minimum Gasteiger partial charge on any atom is -0.507 e. The second-order valence-electron chi connectivity index (χ2n) is 11.5. The van der Waals surface area contributed by atoms with Crippen LogP contribution in [0, 0.1) is 0 Å². The molecule has 0 unspecified atom stereocenters. The van der Waals surface area contributed by atoms with Crippen LogP contribution in [0.1, 0.15) is 83.2 Å². The number of aliphatic hydroxyl groups excluding tert-OH is 1. The zero-order valence-corrected chi connectivity index (χ0v) is 31.2. The fourth-order valence-corrected chi connectivity index (χ4v) is 6.28. The number of phenols is 1. The number of fused-ring (bicyclic) bond motifs is 1. The van der Waals surface area contributed by atoms with Crippen LogP contribution in [0.15, 0.2) is 99.1 Å². The molecule has 0 fully saturated rings. The molecule has 0 aliphatic heterocycles. The van der Waals surface area contributed by atoms with Gasteiger partial charge in [0.25, 0.3) is 0 Å². The number of benzene rings is 3. The van der Waals surface area contributed by atoms with Crippen LogP contribution < -0.4 is 10.2 Å². The number of aromatic carboxylic acids is 1. The molecule has 0 amide bonds. The molecule has 0 saturated heterocycles. The number of hydrogen-bond acceptors (Lipinski definition) is 8. The molecule has 265 valence electrons. The standard InChI is InChI=1S/C38H37F3O8S.Na/c1-3-11-29-31(18-17-27(23(2)42)36(29)45)48-19-9-7-5-4-6-8-14-34(35(44)24-12-10-13-25(20-24)38(39,40)41)50-26-15-16-28-30(43)22-33(37(46)47)49-32(28)21-26;/h4,6,8,10,12-18,20-22,34-35,44-45H,3,5,7,9,11,19H2,1-2H3,(H,46,47);/b6-4-,14-8+;/t34-,35+;/m0./s1. The molecule has 1 radical (unpaired) electrons. The van der Waals surface area contributed by atoms with Crippen LogP contribution in [0.5, 0.6) is 11.5 Å². The molecule has 0 aliphatic carbocycles. The van der Waals surface area contributed by atoms with E-state index in [1.807, 2.05) is 13.0 Å². The smallest absolute Gasteiger partial charge is 0.416 e. The molecule has 51 heavy (non-hydrogen) atoms. The number of carboxylic acids is 1. The quantitative estimate of drug-likeness (QED) is 0.0341. The van der Waals surface area contributed by atoms with Gasteiger partial charge in [0.15, 0.2) is 11.2 Å². The number of aromatic hydroxyl groups is 1. The number of unbranched alkanes of at least 4 members (excludes halogenated alkanes) is 2. The Balaban J connectivity index is 0.00000702. The van der Waals surface area contributed by atoms with Crippen molar-refractivity contribution in [1.29, 1.82) is 0 Å². The maximum atomic E-state index is 13.4. The molecule has 3 N–H and O–H groups in total. The summed E-state index contributed by atoms with van der Waals surface area (Å²) in [6.45, 7) is 3.78. The summed E-state index contributed by atoms with van der Waals surface area (Å²) in [5, 5.41) is 30.4. The first-order chi connectivity index (χ1) is 23.8. The van der Waals surface area contributed by atoms with Gasteiger partial charge in [-0.1, -0.05) is 49.8 Å². The van der Waals surface area contributed by atoms with E-state index in [9.17, 15) is 42.9 Å². The maximum absolute atomic E-state index is 13.4. The Bertz CT molecular complexity index is 1950. The van der Waals surface area contributed by atoms with Crippen LogP contribution in [-0.4, -0.2) is 68.5 Å². The molecule has 1 heterocycles. The fraction of sp³-hybridized carbons (Fsp3) is 0.289. The fourth-order valence-electron chi connectivity index (χ4n) is 5.19. The molecular weight excluding hydrogens is 696 g/mol. The number of allylic oxidation sites excluding steroid dienone is 3. The summed E-state index contributed by atoms with van der Waals surface area (Å²) >= 11 is 1.11. The summed E-state index contributed by atoms with van der Waals surface area (Å²) in [6.07, 6.45) is 4.56. The van der Waals surface area contributed by atoms with Crippen LogP contribution in [0.2, 0.25) is 0 Å². The molecule has 4 aromatic rings. The maximum Gasteiger partial charge on any atom is 0.416 e. The zero-order valence-electron chi connectivity index (χ0n) is 28.4. The summed E-state index contributed by atoms with van der Waals surface area (Å²) in [7, 11) is 0. The number of thioether (sulfide) groups is 1. The van der Waals surface area contributed by atoms with Crippen LogP contribution in [0.25, 0.3) is 11.0 Å². The van der Waals surface area contributed by atoms with Gasteiger partial charge in [-0.3, -0.25) is 9.59 Å². The van der Waals surface area contributed by atoms with Crippen molar-refractivity contribution < 1.29 is 47.2 Å². The zero-order chi connectivity index (χ0) is 36.4. The van der Waals surface area contributed by atoms with Crippen molar-refractivity contribution in [3.63, 3.8) is 0 Å². The number of ether oxygens (including phenoxy) is 1. The van der Waals surface area contributed by atoms with Gasteiger partial charge in [-0.15, -0.1) is 11.8 Å². The number of Topliss-reactive ketones (excluding diaryl/α,β-unsaturated/α-hetero) is 1. The van der Waals surface area contributed by atoms with Gasteiger partial charge in [0, 0.05) is 46.1 Å². The summed E-state index contributed by atoms with van der Waals surface area (Å²) in [5.41, 5.74) is -0.485. The first kappa shape index (κ1) is 41.6. The van der Waals surface area contributed by atoms with Crippen molar-refractivity contribution in [1.82, 2.24) is 0 Å². The van der Waals surface area contributed by atoms with Crippen molar-refractivity contribution in [2.75, 3.05) is 6.61 Å². The number of halogens is 3. The Morgan fingerprint density at radius 3 is 2.49 bits per heavy atom. The van der Waals surface area contributed by atoms with E-state index in [2.05, 4.69) is 0 Å². The number of ketones is 1. The van der Waals surface area contributed by atoms with Crippen molar-refractivity contribution in [2.24, 2.45) is 0 Å². The van der Waals surface area contributed by atoms with E-state index in [4.69, 9.17) is 9.15 Å². The largest absolute Gasteiger partial charge is 0.507 e. The van der Waals surface area contributed by atoms with E-state index < -0.39 is 40.3 Å². The molecule has 0 bridgehead atoms. The Morgan fingerprint density at radius 2 is 1.80 bits per heavy atom. The molecule has 8 nitrogen and oxygen atoms in total. The van der Waals surface area contributed by atoms with Crippen LogP contribution in [0.3, 0.4) is 0 Å². The Labute approximate surface area is 319 Å². The number of hydrogen-bond donors (Lipinski definition) is 3. The van der Waals surface area contributed by atoms with Gasteiger partial charge >= 0.3 is 12.1 Å². The summed E-state index contributed by atoms with van der Waals surface area (Å²) in [6, 6.07) is 13.1. The van der Waals surface area contributed by atoms with Gasteiger partial charge in [-0.05, 0) is 80.6 Å². The minimum absolute atomic E-state index is 0. The second-order valence-corrected chi connectivity index (χ2v) is 12.7. The Kier molecular flexibility index (Phi) is 15.6. The molecule has 1 aromatic heterocycles. The summed E-state index contributed by atoms with van der Waals surface area (Å²) in [4.78, 5) is 36.0. The number of carbonyl (C=O) groups excluding carboxylic acids is 1. The van der Waals surface area contributed by atoms with E-state index in [1.54, 1.807) is 36.4 Å². The molecule has 0 spiro atoms. The number of alkyl halides is 3. The van der Waals surface area contributed by atoms with Crippen LogP contribution in [-0.2, 0) is 12.6 Å². The van der Waals surface area contributed by atoms with Crippen LogP contribution in [0.4, 0.5) is 13.2 Å². The van der Waals surface area contributed by atoms with Crippen molar-refractivity contribution in [3.05, 3.63) is 123 Å². The van der Waals surface area contributed by atoms with Gasteiger partial charge < -0.3 is 24.5 Å². The van der Waals surface area contributed by atoms with E-state index in [0.717, 1.165) is 42.8 Å². The van der Waals surface area contributed by atoms with Gasteiger partial charge in [0.2, 0.25) is 5.76 Å². The van der Waals surface area contributed by atoms with E-state index in [-0.39, 0.29) is 63.2 Å². The molecular formula is C38H37F3NaO8S. The van der Waals surface area contributed by atoms with Gasteiger partial charge in [0.05, 0.1) is 34.5 Å². The second kappa shape index (κ2) is 19.1. The summed E-state index contributed by atoms with van der Waals surface area (Å²) < 4.78 is 51.6. The summed E-state index contributed by atoms with van der Waals surface area (Å²) in [5.74, 6) is -1.66. The number of phenolic OH excluding ortho intramolecular Hbond substituents is 1. The molecule has 0 aliphatic rings. The third-order valence-electron chi connectivity index (χ3n) is 7.74. The molecule has 0 saturated carbocycles. The SMILES string of the molecule is CCCc1c(OCCCC/C=C\C=C\[C@H](Sc2ccc3c(=O)cc(C(=O)O)oc3c2)[C@H](O)c2cccc(C(F)(F)F)c2)ccc(C(C)=O)c1O.[Na]. The van der Waals surface area contributed by atoms with Crippen LogP contribution >= 0.6 is 11.8 Å². The van der Waals surface area contributed by atoms with E-state index in [0.29, 0.717) is 42.1 Å². The number of carbonyl (C=O) groups is 2. The number of aliphatic hydroxyl groups is 1. The topological polar surface area (TPSA) is 134 Å². The number of carboxylic acid groups (broad SMARTS) is 1. The van der Waals surface area contributed by atoms with E-state index in [1.165, 1.54) is 31.2 Å². The Hall–Kier alpha value is -3.81. The van der Waals surface area contributed by atoms with Crippen molar-refractivity contribution in [3.8, 4) is 11.5 Å². The van der Waals surface area contributed by atoms with Crippen molar-refractivity contribution in [2.45, 2.75) is 68.4 Å². The molecule has 13 heteroatoms. The van der Waals surface area contributed by atoms with Gasteiger partial charge in [-0.25, -0.2) is 4.79 Å². The van der Waals surface area contributed by atoms with E-state index >= 15 is 0 Å². The molecule has 2 atom stereocenters. The molecule has 4 rings (SSSR count). The third-order valence-corrected chi connectivity index (χ3v) is 8.95. The number of rotatable bonds is 16. The predicted molar refractivity (Wildman–Crippen MR) is 191 cm³/mol. The Morgan fingerprint density at radius 1 is 1.04 bits per heavy atom. The monoisotopic (exact) mass is 733 g/mol. The first-order valence-corrected chi connectivity index (χ1v) is 16.8. The average molecular weight is 734 g/mol. The normalized spacial score (nSPS) is 13.0. The van der Waals surface area contributed by atoms with Crippen molar-refractivity contribution >= 4 is 64.0 Å². The van der Waals surface area contributed by atoms with Gasteiger partial charge in [0.1, 0.15) is 17.1 Å². The average Bonchev–Trinajstić information content (AvgIpc) is 3.07. The molecule has 3 aromatic carbocycles. The predicted octanol–water partition coefficient (Wildman–Crippen LogP) is 8.55. The minimum atomic E-state index is -4.60. The third kappa shape index (κ3) is 11.3.